The SMILES string of the molecule is CC(C)(C)CCCCC(C)(C)Cl. The summed E-state index contributed by atoms with van der Waals surface area (Å²) < 4.78 is 0. The summed E-state index contributed by atoms with van der Waals surface area (Å²) in [5.41, 5.74) is 0.483. The number of hydrogen-bond acceptors (Lipinski definition) is 0. The van der Waals surface area contributed by atoms with E-state index in [4.69, 9.17) is 11.6 Å². The van der Waals surface area contributed by atoms with Crippen molar-refractivity contribution in [3.05, 3.63) is 0 Å². The van der Waals surface area contributed by atoms with Crippen molar-refractivity contribution in [2.45, 2.75) is 65.2 Å². The predicted octanol–water partition coefficient (Wildman–Crippen LogP) is 4.61. The number of halogens is 1. The second kappa shape index (κ2) is 4.50. The van der Waals surface area contributed by atoms with Crippen molar-refractivity contribution in [3.8, 4) is 0 Å². The fraction of sp³-hybridized carbons (Fsp3) is 1.00. The highest BCUT2D eigenvalue weighted by atomic mass is 35.5. The van der Waals surface area contributed by atoms with E-state index in [0.29, 0.717) is 5.41 Å². The van der Waals surface area contributed by atoms with Crippen molar-refractivity contribution in [2.75, 3.05) is 0 Å². The van der Waals surface area contributed by atoms with Gasteiger partial charge < -0.3 is 0 Å². The molecule has 0 aliphatic carbocycles. The number of unbranched alkanes of at least 4 members (excludes halogenated alkanes) is 1. The molecule has 0 aliphatic rings. The topological polar surface area (TPSA) is 0 Å². The average Bonchev–Trinajstić information content (AvgIpc) is 1.76. The Morgan fingerprint density at radius 1 is 0.833 bits per heavy atom. The molecule has 0 rings (SSSR count). The maximum absolute atomic E-state index is 6.08. The molecule has 74 valence electrons. The van der Waals surface area contributed by atoms with Gasteiger partial charge in [-0.1, -0.05) is 33.6 Å². The Bertz CT molecular complexity index is 97.9. The minimum Gasteiger partial charge on any atom is -0.120 e. The van der Waals surface area contributed by atoms with Gasteiger partial charge in [-0.25, -0.2) is 0 Å². The van der Waals surface area contributed by atoms with E-state index >= 15 is 0 Å². The molecule has 0 N–H and O–H groups in total. The van der Waals surface area contributed by atoms with Crippen molar-refractivity contribution in [2.24, 2.45) is 5.41 Å². The van der Waals surface area contributed by atoms with Gasteiger partial charge in [0, 0.05) is 4.87 Å². The smallest absolute Gasteiger partial charge is 0.0390 e. The van der Waals surface area contributed by atoms with E-state index in [9.17, 15) is 0 Å². The first-order chi connectivity index (χ1) is 5.21. The van der Waals surface area contributed by atoms with Crippen LogP contribution in [0.1, 0.15) is 60.3 Å². The van der Waals surface area contributed by atoms with Crippen molar-refractivity contribution in [1.29, 1.82) is 0 Å². The fourth-order valence-corrected chi connectivity index (χ4v) is 1.33. The first-order valence-electron chi connectivity index (χ1n) is 4.90. The standard InChI is InChI=1S/C11H23Cl/c1-10(2,3)8-6-7-9-11(4,5)12/h6-9H2,1-5H3. The minimum atomic E-state index is -0.00210. The molecule has 1 heteroatoms. The van der Waals surface area contributed by atoms with Crippen LogP contribution in [0.15, 0.2) is 0 Å². The van der Waals surface area contributed by atoms with Gasteiger partial charge in [0.15, 0.2) is 0 Å². The van der Waals surface area contributed by atoms with E-state index < -0.39 is 0 Å². The van der Waals surface area contributed by atoms with Gasteiger partial charge in [-0.2, -0.15) is 0 Å². The molecule has 0 unspecified atom stereocenters. The lowest BCUT2D eigenvalue weighted by Crippen LogP contribution is -2.10. The molecule has 0 saturated heterocycles. The molecule has 0 bridgehead atoms. The quantitative estimate of drug-likeness (QED) is 0.449. The molecule has 0 fully saturated rings. The summed E-state index contributed by atoms with van der Waals surface area (Å²) in [7, 11) is 0. The third-order valence-electron chi connectivity index (χ3n) is 1.95. The molecule has 0 amide bonds. The van der Waals surface area contributed by atoms with E-state index in [0.717, 1.165) is 6.42 Å². The van der Waals surface area contributed by atoms with Crippen molar-refractivity contribution in [3.63, 3.8) is 0 Å². The Labute approximate surface area is 82.7 Å². The second-order valence-electron chi connectivity index (χ2n) is 5.49. The Morgan fingerprint density at radius 3 is 1.58 bits per heavy atom. The van der Waals surface area contributed by atoms with Crippen LogP contribution in [0.4, 0.5) is 0 Å². The first kappa shape index (κ1) is 12.3. The molecule has 12 heavy (non-hydrogen) atoms. The van der Waals surface area contributed by atoms with E-state index in [1.54, 1.807) is 0 Å². The van der Waals surface area contributed by atoms with Gasteiger partial charge in [0.2, 0.25) is 0 Å². The third kappa shape index (κ3) is 10.3. The lowest BCUT2D eigenvalue weighted by atomic mass is 9.89. The Morgan fingerprint density at radius 2 is 1.25 bits per heavy atom. The van der Waals surface area contributed by atoms with Crippen molar-refractivity contribution < 1.29 is 0 Å². The van der Waals surface area contributed by atoms with Crippen LogP contribution in [-0.2, 0) is 0 Å². The summed E-state index contributed by atoms with van der Waals surface area (Å²) in [6.07, 6.45) is 5.00. The molecule has 0 nitrogen and oxygen atoms in total. The summed E-state index contributed by atoms with van der Waals surface area (Å²) in [5, 5.41) is 0. The highest BCUT2D eigenvalue weighted by Gasteiger charge is 2.14. The molecule has 0 aromatic rings. The Balaban J connectivity index is 3.35. The maximum Gasteiger partial charge on any atom is 0.0390 e. The number of hydrogen-bond donors (Lipinski definition) is 0. The van der Waals surface area contributed by atoms with E-state index in [1.807, 2.05) is 0 Å². The molecule has 0 radical (unpaired) electrons. The van der Waals surface area contributed by atoms with Crippen LogP contribution >= 0.6 is 11.6 Å². The van der Waals surface area contributed by atoms with Crippen LogP contribution < -0.4 is 0 Å². The van der Waals surface area contributed by atoms with Gasteiger partial charge in [0.1, 0.15) is 0 Å². The second-order valence-corrected chi connectivity index (χ2v) is 6.51. The molecule has 0 aliphatic heterocycles. The zero-order valence-electron chi connectivity index (χ0n) is 9.21. The van der Waals surface area contributed by atoms with Crippen molar-refractivity contribution in [1.82, 2.24) is 0 Å². The molecule has 0 saturated carbocycles. The highest BCUT2D eigenvalue weighted by Crippen LogP contribution is 2.25. The van der Waals surface area contributed by atoms with Gasteiger partial charge in [-0.3, -0.25) is 0 Å². The normalized spacial score (nSPS) is 13.5. The fourth-order valence-electron chi connectivity index (χ4n) is 1.20. The number of alkyl halides is 1. The van der Waals surface area contributed by atoms with Gasteiger partial charge in [0.05, 0.1) is 0 Å². The van der Waals surface area contributed by atoms with E-state index in [2.05, 4.69) is 34.6 Å². The highest BCUT2D eigenvalue weighted by molar-refractivity contribution is 6.23. The summed E-state index contributed by atoms with van der Waals surface area (Å²) in [5.74, 6) is 0. The van der Waals surface area contributed by atoms with Crippen LogP contribution in [0.25, 0.3) is 0 Å². The minimum absolute atomic E-state index is 0.00210. The molecule has 0 spiro atoms. The van der Waals surface area contributed by atoms with Crippen LogP contribution in [0.5, 0.6) is 0 Å². The van der Waals surface area contributed by atoms with Gasteiger partial charge in [-0.15, -0.1) is 11.6 Å². The molecule has 0 aromatic heterocycles. The molecule has 0 heterocycles. The van der Waals surface area contributed by atoms with Crippen LogP contribution in [0.2, 0.25) is 0 Å². The zero-order chi connectivity index (χ0) is 9.83. The molecule has 0 atom stereocenters. The lowest BCUT2D eigenvalue weighted by molar-refractivity contribution is 0.354. The zero-order valence-corrected chi connectivity index (χ0v) is 9.96. The third-order valence-corrected chi connectivity index (χ3v) is 2.14. The lowest BCUT2D eigenvalue weighted by Gasteiger charge is -2.19. The average molecular weight is 191 g/mol. The molecular formula is C11H23Cl. The van der Waals surface area contributed by atoms with Gasteiger partial charge in [-0.05, 0) is 32.1 Å². The summed E-state index contributed by atoms with van der Waals surface area (Å²) >= 11 is 6.08. The van der Waals surface area contributed by atoms with E-state index in [1.165, 1.54) is 19.3 Å². The first-order valence-corrected chi connectivity index (χ1v) is 5.27. The molecule has 0 aromatic carbocycles. The predicted molar refractivity (Wildman–Crippen MR) is 57.9 cm³/mol. The maximum atomic E-state index is 6.08. The Kier molecular flexibility index (Phi) is 4.61. The van der Waals surface area contributed by atoms with E-state index in [-0.39, 0.29) is 4.87 Å². The number of rotatable bonds is 4. The van der Waals surface area contributed by atoms with Crippen LogP contribution in [-0.4, -0.2) is 4.87 Å². The molecular weight excluding hydrogens is 168 g/mol. The monoisotopic (exact) mass is 190 g/mol. The summed E-state index contributed by atoms with van der Waals surface area (Å²) in [6.45, 7) is 11.0. The van der Waals surface area contributed by atoms with Crippen molar-refractivity contribution >= 4 is 11.6 Å². The van der Waals surface area contributed by atoms with Crippen LogP contribution in [0, 0.1) is 5.41 Å². The summed E-state index contributed by atoms with van der Waals surface area (Å²) in [6, 6.07) is 0. The van der Waals surface area contributed by atoms with Gasteiger partial charge in [0.25, 0.3) is 0 Å². The largest absolute Gasteiger partial charge is 0.120 e. The summed E-state index contributed by atoms with van der Waals surface area (Å²) in [4.78, 5) is -0.00210. The Hall–Kier alpha value is 0.290. The van der Waals surface area contributed by atoms with Crippen LogP contribution in [0.3, 0.4) is 0 Å². The van der Waals surface area contributed by atoms with Gasteiger partial charge >= 0.3 is 0 Å².